The van der Waals surface area contributed by atoms with Gasteiger partial charge in [0.1, 0.15) is 0 Å². The Kier molecular flexibility index (Phi) is 7.01. The minimum atomic E-state index is -1.23. The summed E-state index contributed by atoms with van der Waals surface area (Å²) in [5.74, 6) is 0.386. The second-order valence-corrected chi connectivity index (χ2v) is 2.90. The van der Waals surface area contributed by atoms with Crippen molar-refractivity contribution in [2.24, 2.45) is 0 Å². The van der Waals surface area contributed by atoms with Crippen molar-refractivity contribution >= 4 is 23.7 Å². The number of thiol groups is 1. The zero-order valence-electron chi connectivity index (χ0n) is 5.53. The lowest BCUT2D eigenvalue weighted by Gasteiger charge is -1.94. The van der Waals surface area contributed by atoms with Crippen molar-refractivity contribution in [1.29, 1.82) is 0 Å². The van der Waals surface area contributed by atoms with E-state index in [-0.39, 0.29) is 0 Å². The van der Waals surface area contributed by atoms with E-state index in [4.69, 9.17) is 4.18 Å². The van der Waals surface area contributed by atoms with Crippen molar-refractivity contribution in [2.45, 2.75) is 0 Å². The number of hydrogen-bond donors (Lipinski definition) is 1. The van der Waals surface area contributed by atoms with Gasteiger partial charge in [-0.25, -0.2) is 4.21 Å². The van der Waals surface area contributed by atoms with E-state index in [2.05, 4.69) is 19.2 Å². The topological polar surface area (TPSA) is 26.3 Å². The van der Waals surface area contributed by atoms with Gasteiger partial charge in [-0.2, -0.15) is 12.6 Å². The summed E-state index contributed by atoms with van der Waals surface area (Å²) in [6.07, 6.45) is 3.23. The van der Waals surface area contributed by atoms with Crippen molar-refractivity contribution in [3.05, 3.63) is 24.1 Å². The molecule has 0 aliphatic carbocycles. The van der Waals surface area contributed by atoms with Crippen molar-refractivity contribution < 1.29 is 8.39 Å². The molecule has 0 saturated carbocycles. The molecule has 0 aliphatic heterocycles. The molecule has 0 rings (SSSR count). The van der Waals surface area contributed by atoms with E-state index < -0.39 is 11.1 Å². The van der Waals surface area contributed by atoms with Gasteiger partial charge in [0.05, 0.1) is 12.4 Å². The first kappa shape index (κ1) is 9.94. The van der Waals surface area contributed by atoms with Gasteiger partial charge in [-0.15, -0.1) is 6.58 Å². The zero-order chi connectivity index (χ0) is 7.82. The summed E-state index contributed by atoms with van der Waals surface area (Å²) in [7, 11) is 0. The lowest BCUT2D eigenvalue weighted by atomic mass is 10.7. The van der Waals surface area contributed by atoms with Gasteiger partial charge in [0.2, 0.25) is 0 Å². The molecule has 58 valence electrons. The van der Waals surface area contributed by atoms with Gasteiger partial charge < -0.3 is 0 Å². The lowest BCUT2D eigenvalue weighted by Crippen LogP contribution is -1.99. The Balaban J connectivity index is 3.34. The standard InChI is InChI=1S/C6H10O2S2/c1-2-4-8-10(7)6-3-5-9/h2-3,5,9H,1,4,6H2. The zero-order valence-corrected chi connectivity index (χ0v) is 7.24. The average Bonchev–Trinajstić information content (AvgIpc) is 1.97. The van der Waals surface area contributed by atoms with Crippen molar-refractivity contribution in [2.75, 3.05) is 12.4 Å². The van der Waals surface area contributed by atoms with Crippen molar-refractivity contribution in [3.63, 3.8) is 0 Å². The molecule has 0 fully saturated rings. The fourth-order valence-electron chi connectivity index (χ4n) is 0.294. The number of rotatable bonds is 5. The second kappa shape index (κ2) is 7.05. The van der Waals surface area contributed by atoms with Crippen LogP contribution in [0.15, 0.2) is 24.1 Å². The Hall–Kier alpha value is -0.0600. The molecule has 0 saturated heterocycles. The SMILES string of the molecule is C=CCOS(=O)CC=CS. The molecular weight excluding hydrogens is 168 g/mol. The van der Waals surface area contributed by atoms with E-state index in [9.17, 15) is 4.21 Å². The molecule has 10 heavy (non-hydrogen) atoms. The number of hydrogen-bond acceptors (Lipinski definition) is 3. The highest BCUT2D eigenvalue weighted by molar-refractivity contribution is 7.83. The van der Waals surface area contributed by atoms with Crippen LogP contribution in [0.3, 0.4) is 0 Å². The first-order chi connectivity index (χ1) is 4.81. The average molecular weight is 178 g/mol. The monoisotopic (exact) mass is 178 g/mol. The molecule has 0 N–H and O–H groups in total. The van der Waals surface area contributed by atoms with Crippen molar-refractivity contribution in [1.82, 2.24) is 0 Å². The Morgan fingerprint density at radius 2 is 2.40 bits per heavy atom. The molecule has 0 aromatic carbocycles. The largest absolute Gasteiger partial charge is 0.286 e. The maximum atomic E-state index is 10.7. The summed E-state index contributed by atoms with van der Waals surface area (Å²) in [5.41, 5.74) is 0. The van der Waals surface area contributed by atoms with Crippen molar-refractivity contribution in [3.8, 4) is 0 Å². The van der Waals surface area contributed by atoms with Crippen LogP contribution in [-0.4, -0.2) is 16.6 Å². The molecule has 1 unspecified atom stereocenters. The smallest absolute Gasteiger partial charge is 0.159 e. The molecule has 0 spiro atoms. The van der Waals surface area contributed by atoms with Gasteiger partial charge >= 0.3 is 0 Å². The fourth-order valence-corrected chi connectivity index (χ4v) is 1.14. The minimum Gasteiger partial charge on any atom is -0.286 e. The first-order valence-corrected chi connectivity index (χ1v) is 4.49. The summed E-state index contributed by atoms with van der Waals surface area (Å²) < 4.78 is 15.5. The van der Waals surface area contributed by atoms with Gasteiger partial charge in [0.25, 0.3) is 0 Å². The predicted molar refractivity (Wildman–Crippen MR) is 47.3 cm³/mol. The minimum absolute atomic E-state index is 0.326. The van der Waals surface area contributed by atoms with E-state index in [1.54, 1.807) is 12.2 Å². The van der Waals surface area contributed by atoms with E-state index in [0.717, 1.165) is 0 Å². The van der Waals surface area contributed by atoms with Crippen LogP contribution in [0, 0.1) is 0 Å². The predicted octanol–water partition coefficient (Wildman–Crippen LogP) is 1.30. The van der Waals surface area contributed by atoms with Gasteiger partial charge in [0, 0.05) is 0 Å². The Bertz CT molecular complexity index is 143. The van der Waals surface area contributed by atoms with Crippen LogP contribution in [0.25, 0.3) is 0 Å². The van der Waals surface area contributed by atoms with Gasteiger partial charge in [-0.1, -0.05) is 12.2 Å². The van der Waals surface area contributed by atoms with E-state index in [1.165, 1.54) is 5.41 Å². The molecule has 0 bridgehead atoms. The summed E-state index contributed by atoms with van der Waals surface area (Å²) >= 11 is 2.57. The molecule has 0 amide bonds. The van der Waals surface area contributed by atoms with Crippen LogP contribution in [0.1, 0.15) is 0 Å². The van der Waals surface area contributed by atoms with Crippen LogP contribution in [-0.2, 0) is 15.3 Å². The Morgan fingerprint density at radius 3 is 2.90 bits per heavy atom. The highest BCUT2D eigenvalue weighted by Crippen LogP contribution is 1.88. The summed E-state index contributed by atoms with van der Waals surface area (Å²) in [6, 6.07) is 0. The molecule has 2 nitrogen and oxygen atoms in total. The normalized spacial score (nSPS) is 13.7. The third-order valence-electron chi connectivity index (χ3n) is 0.655. The molecule has 0 aromatic heterocycles. The van der Waals surface area contributed by atoms with Gasteiger partial charge in [-0.3, -0.25) is 4.18 Å². The highest BCUT2D eigenvalue weighted by atomic mass is 32.2. The molecule has 0 aromatic rings. The van der Waals surface area contributed by atoms with Crippen LogP contribution in [0.5, 0.6) is 0 Å². The Labute approximate surface area is 69.0 Å². The Morgan fingerprint density at radius 1 is 1.70 bits per heavy atom. The van der Waals surface area contributed by atoms with E-state index in [0.29, 0.717) is 12.4 Å². The molecule has 1 atom stereocenters. The maximum Gasteiger partial charge on any atom is 0.159 e. The molecule has 4 heteroatoms. The highest BCUT2D eigenvalue weighted by Gasteiger charge is 1.92. The maximum absolute atomic E-state index is 10.7. The molecule has 0 heterocycles. The lowest BCUT2D eigenvalue weighted by molar-refractivity contribution is 0.397. The van der Waals surface area contributed by atoms with Crippen LogP contribution >= 0.6 is 12.6 Å². The summed E-state index contributed by atoms with van der Waals surface area (Å²) in [5, 5.41) is 1.54. The van der Waals surface area contributed by atoms with Crippen LogP contribution in [0.4, 0.5) is 0 Å². The third-order valence-corrected chi connectivity index (χ3v) is 1.73. The fraction of sp³-hybridized carbons (Fsp3) is 0.333. The summed E-state index contributed by atoms with van der Waals surface area (Å²) in [6.45, 7) is 3.75. The first-order valence-electron chi connectivity index (χ1n) is 2.73. The summed E-state index contributed by atoms with van der Waals surface area (Å²) in [4.78, 5) is 0. The third kappa shape index (κ3) is 6.07. The van der Waals surface area contributed by atoms with Gasteiger partial charge in [0.15, 0.2) is 11.1 Å². The van der Waals surface area contributed by atoms with Gasteiger partial charge in [-0.05, 0) is 5.41 Å². The van der Waals surface area contributed by atoms with E-state index >= 15 is 0 Å². The molecule has 0 radical (unpaired) electrons. The molecular formula is C6H10O2S2. The molecule has 0 aliphatic rings. The van der Waals surface area contributed by atoms with Crippen LogP contribution < -0.4 is 0 Å². The van der Waals surface area contributed by atoms with E-state index in [1.807, 2.05) is 0 Å². The second-order valence-electron chi connectivity index (χ2n) is 1.43. The van der Waals surface area contributed by atoms with Crippen LogP contribution in [0.2, 0.25) is 0 Å². The quantitative estimate of drug-likeness (QED) is 0.507.